The molecule has 1 spiro atoms. The molecule has 2 aliphatic heterocycles. The molecule has 6 nitrogen and oxygen atoms in total. The van der Waals surface area contributed by atoms with E-state index in [1.54, 1.807) is 6.26 Å². The second kappa shape index (κ2) is 7.11. The third-order valence-electron chi connectivity index (χ3n) is 4.94. The van der Waals surface area contributed by atoms with Gasteiger partial charge in [-0.05, 0) is 37.7 Å². The zero-order chi connectivity index (χ0) is 17.2. The van der Waals surface area contributed by atoms with E-state index in [1.807, 2.05) is 24.0 Å². The fraction of sp³-hybridized carbons (Fsp3) is 0.647. The Hall–Kier alpha value is -1.60. The van der Waals surface area contributed by atoms with Gasteiger partial charge in [0.05, 0.1) is 24.5 Å². The molecule has 0 bridgehead atoms. The number of thiocarbonyl (C=S) groups is 1. The number of amides is 1. The van der Waals surface area contributed by atoms with Gasteiger partial charge in [-0.2, -0.15) is 0 Å². The number of rotatable bonds is 4. The molecule has 0 aliphatic carbocycles. The minimum atomic E-state index is -0.292. The van der Waals surface area contributed by atoms with Crippen LogP contribution in [0.3, 0.4) is 0 Å². The summed E-state index contributed by atoms with van der Waals surface area (Å²) in [5, 5.41) is 7.64. The summed E-state index contributed by atoms with van der Waals surface area (Å²) in [4.78, 5) is 16.8. The standard InChI is InChI=1S/C17H26N4O2S/c1-3-8-18-16(24)20-9-6-17(7-10-20)19-13(2)15(22)21(17)12-14-5-4-11-23-14/h4-5,11,13,19H,3,6-10,12H2,1-2H3,(H,18,24). The normalized spacial score (nSPS) is 23.1. The fourth-order valence-electron chi connectivity index (χ4n) is 3.61. The topological polar surface area (TPSA) is 60.8 Å². The molecule has 1 amide bonds. The summed E-state index contributed by atoms with van der Waals surface area (Å²) in [5.41, 5.74) is -0.292. The second-order valence-electron chi connectivity index (χ2n) is 6.62. The molecule has 1 atom stereocenters. The number of nitrogens with one attached hydrogen (secondary N) is 2. The van der Waals surface area contributed by atoms with Crippen LogP contribution in [-0.4, -0.2) is 52.2 Å². The second-order valence-corrected chi connectivity index (χ2v) is 7.01. The molecule has 2 saturated heterocycles. The van der Waals surface area contributed by atoms with Gasteiger partial charge in [-0.1, -0.05) is 6.92 Å². The molecule has 1 unspecified atom stereocenters. The largest absolute Gasteiger partial charge is 0.467 e. The Morgan fingerprint density at radius 3 is 2.88 bits per heavy atom. The molecule has 2 aliphatic rings. The van der Waals surface area contributed by atoms with E-state index in [-0.39, 0.29) is 17.6 Å². The maximum atomic E-state index is 12.6. The van der Waals surface area contributed by atoms with Crippen LogP contribution in [-0.2, 0) is 11.3 Å². The van der Waals surface area contributed by atoms with Crippen molar-refractivity contribution in [2.24, 2.45) is 0 Å². The molecule has 0 radical (unpaired) electrons. The molecule has 0 saturated carbocycles. The van der Waals surface area contributed by atoms with Crippen LogP contribution in [0.1, 0.15) is 38.9 Å². The van der Waals surface area contributed by atoms with Crippen molar-refractivity contribution in [2.75, 3.05) is 19.6 Å². The quantitative estimate of drug-likeness (QED) is 0.806. The summed E-state index contributed by atoms with van der Waals surface area (Å²) in [6, 6.07) is 3.62. The van der Waals surface area contributed by atoms with Gasteiger partial charge in [0.25, 0.3) is 0 Å². The van der Waals surface area contributed by atoms with Crippen LogP contribution in [0.15, 0.2) is 22.8 Å². The predicted octanol–water partition coefficient (Wildman–Crippen LogP) is 1.68. The molecule has 3 rings (SSSR count). The number of carbonyl (C=O) groups excluding carboxylic acids is 1. The Morgan fingerprint density at radius 1 is 1.50 bits per heavy atom. The Morgan fingerprint density at radius 2 is 2.25 bits per heavy atom. The molecule has 132 valence electrons. The molecule has 1 aromatic rings. The van der Waals surface area contributed by atoms with Gasteiger partial charge in [0.15, 0.2) is 5.11 Å². The molecule has 3 heterocycles. The Balaban J connectivity index is 1.68. The summed E-state index contributed by atoms with van der Waals surface area (Å²) in [6.45, 7) is 7.17. The monoisotopic (exact) mass is 350 g/mol. The molecule has 2 N–H and O–H groups in total. The van der Waals surface area contributed by atoms with Crippen LogP contribution < -0.4 is 10.6 Å². The van der Waals surface area contributed by atoms with Crippen LogP contribution in [0.5, 0.6) is 0 Å². The number of carbonyl (C=O) groups is 1. The van der Waals surface area contributed by atoms with Crippen molar-refractivity contribution in [3.8, 4) is 0 Å². The molecule has 7 heteroatoms. The van der Waals surface area contributed by atoms with Crippen molar-refractivity contribution in [2.45, 2.75) is 51.4 Å². The summed E-state index contributed by atoms with van der Waals surface area (Å²) in [6.07, 6.45) is 4.43. The van der Waals surface area contributed by atoms with Gasteiger partial charge >= 0.3 is 0 Å². The number of likely N-dealkylation sites (tertiary alicyclic amines) is 1. The molecular weight excluding hydrogens is 324 g/mol. The SMILES string of the molecule is CCCNC(=S)N1CCC2(CC1)NC(C)C(=O)N2Cc1ccco1. The number of furan rings is 1. The van der Waals surface area contributed by atoms with Crippen molar-refractivity contribution >= 4 is 23.2 Å². The van der Waals surface area contributed by atoms with Crippen LogP contribution in [0.4, 0.5) is 0 Å². The van der Waals surface area contributed by atoms with Gasteiger partial charge in [0.1, 0.15) is 5.76 Å². The van der Waals surface area contributed by atoms with Crippen molar-refractivity contribution in [1.82, 2.24) is 20.4 Å². The van der Waals surface area contributed by atoms with E-state index < -0.39 is 0 Å². The van der Waals surface area contributed by atoms with E-state index in [2.05, 4.69) is 22.5 Å². The van der Waals surface area contributed by atoms with E-state index in [1.165, 1.54) is 0 Å². The minimum Gasteiger partial charge on any atom is -0.467 e. The Kier molecular flexibility index (Phi) is 5.10. The van der Waals surface area contributed by atoms with E-state index >= 15 is 0 Å². The number of piperidine rings is 1. The summed E-state index contributed by atoms with van der Waals surface area (Å²) in [5.74, 6) is 0.965. The zero-order valence-electron chi connectivity index (χ0n) is 14.4. The first kappa shape index (κ1) is 17.2. The average Bonchev–Trinajstić information content (AvgIpc) is 3.17. The lowest BCUT2D eigenvalue weighted by Crippen LogP contribution is -2.60. The fourth-order valence-corrected chi connectivity index (χ4v) is 3.90. The first-order valence-electron chi connectivity index (χ1n) is 8.70. The van der Waals surface area contributed by atoms with Crippen LogP contribution in [0, 0.1) is 0 Å². The lowest BCUT2D eigenvalue weighted by atomic mass is 9.96. The number of hydrogen-bond donors (Lipinski definition) is 2. The van der Waals surface area contributed by atoms with Crippen LogP contribution in [0.25, 0.3) is 0 Å². The van der Waals surface area contributed by atoms with Crippen LogP contribution in [0.2, 0.25) is 0 Å². The third kappa shape index (κ3) is 3.28. The summed E-state index contributed by atoms with van der Waals surface area (Å²) >= 11 is 5.47. The number of hydrogen-bond acceptors (Lipinski definition) is 4. The van der Waals surface area contributed by atoms with E-state index in [4.69, 9.17) is 16.6 Å². The zero-order valence-corrected chi connectivity index (χ0v) is 15.2. The van der Waals surface area contributed by atoms with Crippen molar-refractivity contribution in [3.05, 3.63) is 24.2 Å². The highest BCUT2D eigenvalue weighted by Crippen LogP contribution is 2.33. The molecule has 2 fully saturated rings. The first-order valence-corrected chi connectivity index (χ1v) is 9.11. The highest BCUT2D eigenvalue weighted by Gasteiger charge is 2.50. The summed E-state index contributed by atoms with van der Waals surface area (Å²) < 4.78 is 5.45. The van der Waals surface area contributed by atoms with Crippen molar-refractivity contribution in [1.29, 1.82) is 0 Å². The molecule has 24 heavy (non-hydrogen) atoms. The molecule has 0 aromatic carbocycles. The predicted molar refractivity (Wildman–Crippen MR) is 96.3 cm³/mol. The van der Waals surface area contributed by atoms with Gasteiger partial charge in [-0.15, -0.1) is 0 Å². The Labute approximate surface area is 148 Å². The smallest absolute Gasteiger partial charge is 0.241 e. The van der Waals surface area contributed by atoms with Gasteiger partial charge in [-0.25, -0.2) is 0 Å². The van der Waals surface area contributed by atoms with E-state index in [0.29, 0.717) is 6.54 Å². The molecular formula is C17H26N4O2S. The first-order chi connectivity index (χ1) is 11.6. The third-order valence-corrected chi connectivity index (χ3v) is 5.34. The summed E-state index contributed by atoms with van der Waals surface area (Å²) in [7, 11) is 0. The van der Waals surface area contributed by atoms with E-state index in [0.717, 1.165) is 49.8 Å². The van der Waals surface area contributed by atoms with Gasteiger partial charge < -0.3 is 19.5 Å². The average molecular weight is 350 g/mol. The Bertz CT molecular complexity index is 581. The maximum absolute atomic E-state index is 12.6. The van der Waals surface area contributed by atoms with Gasteiger partial charge in [-0.3, -0.25) is 10.1 Å². The molecule has 1 aromatic heterocycles. The number of nitrogens with zero attached hydrogens (tertiary/aromatic N) is 2. The highest BCUT2D eigenvalue weighted by atomic mass is 32.1. The van der Waals surface area contributed by atoms with Gasteiger partial charge in [0, 0.05) is 32.5 Å². The highest BCUT2D eigenvalue weighted by molar-refractivity contribution is 7.80. The minimum absolute atomic E-state index is 0.145. The van der Waals surface area contributed by atoms with Gasteiger partial charge in [0.2, 0.25) is 5.91 Å². The van der Waals surface area contributed by atoms with E-state index in [9.17, 15) is 4.79 Å². The van der Waals surface area contributed by atoms with Crippen molar-refractivity contribution < 1.29 is 9.21 Å². The lowest BCUT2D eigenvalue weighted by Gasteiger charge is -2.45. The lowest BCUT2D eigenvalue weighted by molar-refractivity contribution is -0.134. The maximum Gasteiger partial charge on any atom is 0.241 e. The van der Waals surface area contributed by atoms with Crippen LogP contribution >= 0.6 is 12.2 Å². The van der Waals surface area contributed by atoms with Crippen molar-refractivity contribution in [3.63, 3.8) is 0 Å².